The number of rotatable bonds is 9. The molecule has 2 atom stereocenters. The van der Waals surface area contributed by atoms with E-state index in [2.05, 4.69) is 66.0 Å². The lowest BCUT2D eigenvalue weighted by atomic mass is 9.97. The number of aliphatic hydroxyl groups is 2. The summed E-state index contributed by atoms with van der Waals surface area (Å²) in [5.41, 5.74) is -0.587. The van der Waals surface area contributed by atoms with Crippen molar-refractivity contribution in [1.82, 2.24) is 0 Å². The van der Waals surface area contributed by atoms with E-state index in [0.717, 1.165) is 25.7 Å². The molecule has 0 spiro atoms. The second-order valence-electron chi connectivity index (χ2n) is 5.49. The summed E-state index contributed by atoms with van der Waals surface area (Å²) in [5, 5.41) is 19.1. The number of unbranched alkanes of at least 4 members (excludes halogenated alkanes) is 2. The number of aliphatic hydroxyl groups excluding tert-OH is 1. The van der Waals surface area contributed by atoms with Gasteiger partial charge in [0, 0.05) is 0 Å². The normalized spacial score (nSPS) is 16.0. The van der Waals surface area contributed by atoms with Crippen LogP contribution in [0.1, 0.15) is 66.2 Å². The fourth-order valence-corrected chi connectivity index (χ4v) is 3.16. The van der Waals surface area contributed by atoms with Gasteiger partial charge in [0.05, 0.1) is 11.7 Å². The van der Waals surface area contributed by atoms with Crippen LogP contribution in [0, 0.1) is 5.92 Å². The average molecular weight is 522 g/mol. The molecule has 2 N–H and O–H groups in total. The van der Waals surface area contributed by atoms with Gasteiger partial charge in [0.25, 0.3) is 0 Å². The summed E-state index contributed by atoms with van der Waals surface area (Å²) in [4.78, 5) is 0. The molecule has 0 saturated heterocycles. The monoisotopic (exact) mass is 522 g/mol. The van der Waals surface area contributed by atoms with Crippen molar-refractivity contribution in [2.24, 2.45) is 5.92 Å². The first-order valence-electron chi connectivity index (χ1n) is 7.83. The maximum atomic E-state index is 9.65. The molecule has 2 nitrogen and oxygen atoms in total. The molecule has 0 radical (unpaired) electrons. The van der Waals surface area contributed by atoms with E-state index in [-0.39, 0.29) is 6.10 Å². The van der Waals surface area contributed by atoms with Crippen LogP contribution in [-0.4, -0.2) is 21.9 Å². The molecule has 0 aliphatic rings. The Morgan fingerprint density at radius 1 is 1.05 bits per heavy atom. The van der Waals surface area contributed by atoms with Gasteiger partial charge in [-0.05, 0) is 39.6 Å². The highest BCUT2D eigenvalue weighted by atomic mass is 127. The van der Waals surface area contributed by atoms with Gasteiger partial charge in [-0.15, -0.1) is 0 Å². The lowest BCUT2D eigenvalue weighted by Gasteiger charge is -2.17. The Balaban J connectivity index is 0. The third-order valence-corrected chi connectivity index (χ3v) is 4.28. The topological polar surface area (TPSA) is 40.5 Å². The summed E-state index contributed by atoms with van der Waals surface area (Å²) < 4.78 is 3.75. The Hall–Kier alpha value is 0.860. The van der Waals surface area contributed by atoms with Crippen molar-refractivity contribution in [1.29, 1.82) is 0 Å². The molecular formula is C17H32I2O2. The van der Waals surface area contributed by atoms with Crippen LogP contribution in [-0.2, 0) is 0 Å². The lowest BCUT2D eigenvalue weighted by Crippen LogP contribution is -2.19. The summed E-state index contributed by atoms with van der Waals surface area (Å²) in [6.07, 6.45) is 9.98. The molecule has 0 rings (SSSR count). The van der Waals surface area contributed by atoms with Crippen LogP contribution in [0.3, 0.4) is 0 Å². The molecular weight excluding hydrogens is 490 g/mol. The van der Waals surface area contributed by atoms with Gasteiger partial charge in [0.15, 0.2) is 0 Å². The van der Waals surface area contributed by atoms with Gasteiger partial charge >= 0.3 is 0 Å². The Morgan fingerprint density at radius 2 is 1.62 bits per heavy atom. The molecule has 0 aromatic heterocycles. The van der Waals surface area contributed by atoms with Crippen molar-refractivity contribution < 1.29 is 10.2 Å². The number of halogens is 2. The lowest BCUT2D eigenvalue weighted by molar-refractivity contribution is 0.0989. The summed E-state index contributed by atoms with van der Waals surface area (Å²) in [6.45, 7) is 8.25. The average Bonchev–Trinajstić information content (AvgIpc) is 2.41. The van der Waals surface area contributed by atoms with E-state index in [4.69, 9.17) is 0 Å². The quantitative estimate of drug-likeness (QED) is 0.288. The summed E-state index contributed by atoms with van der Waals surface area (Å²) in [7, 11) is 0. The van der Waals surface area contributed by atoms with Gasteiger partial charge in [0.2, 0.25) is 0 Å². The fourth-order valence-electron chi connectivity index (χ4n) is 1.96. The Labute approximate surface area is 158 Å². The highest BCUT2D eigenvalue weighted by Gasteiger charge is 2.14. The van der Waals surface area contributed by atoms with E-state index in [1.165, 1.54) is 12.8 Å². The van der Waals surface area contributed by atoms with Crippen molar-refractivity contribution in [2.75, 3.05) is 0 Å². The van der Waals surface area contributed by atoms with Crippen molar-refractivity contribution in [2.45, 2.75) is 77.9 Å². The highest BCUT2D eigenvalue weighted by Crippen LogP contribution is 2.16. The summed E-state index contributed by atoms with van der Waals surface area (Å²) >= 11 is 4.26. The predicted molar refractivity (Wildman–Crippen MR) is 111 cm³/mol. The first-order valence-corrected chi connectivity index (χ1v) is 10.3. The van der Waals surface area contributed by atoms with Crippen molar-refractivity contribution in [3.63, 3.8) is 0 Å². The number of hydrogen-bond donors (Lipinski definition) is 2. The fraction of sp³-hybridized carbons (Fsp3) is 0.765. The first kappa shape index (κ1) is 24.1. The molecule has 126 valence electrons. The molecule has 0 aliphatic heterocycles. The van der Waals surface area contributed by atoms with E-state index < -0.39 is 5.60 Å². The minimum Gasteiger partial charge on any atom is -0.389 e. The zero-order valence-corrected chi connectivity index (χ0v) is 18.2. The standard InChI is InChI=1S/C9H17IO.C8H15IO/c1-3-4-5-6-9(2,11)7-8-10;1-3-7(4-2)8(10)5-6-9/h7-8,11H,3-6H2,1-2H3;5-8,10H,3-4H2,1-2H3. The Kier molecular flexibility index (Phi) is 18.1. The molecule has 0 aliphatic carbocycles. The van der Waals surface area contributed by atoms with Crippen LogP contribution in [0.4, 0.5) is 0 Å². The molecule has 0 aromatic rings. The number of hydrogen-bond acceptors (Lipinski definition) is 2. The van der Waals surface area contributed by atoms with Crippen molar-refractivity contribution in [3.8, 4) is 0 Å². The zero-order chi connectivity index (χ0) is 16.7. The minimum atomic E-state index is -0.587. The maximum Gasteiger partial charge on any atom is 0.0807 e. The third kappa shape index (κ3) is 15.5. The van der Waals surface area contributed by atoms with E-state index in [1.54, 1.807) is 0 Å². The smallest absolute Gasteiger partial charge is 0.0807 e. The van der Waals surface area contributed by atoms with Gasteiger partial charge in [-0.25, -0.2) is 0 Å². The van der Waals surface area contributed by atoms with Crippen LogP contribution in [0.2, 0.25) is 0 Å². The minimum absolute atomic E-state index is 0.244. The molecule has 0 fully saturated rings. The molecule has 0 amide bonds. The Morgan fingerprint density at radius 3 is 2.00 bits per heavy atom. The van der Waals surface area contributed by atoms with Crippen molar-refractivity contribution in [3.05, 3.63) is 20.3 Å². The molecule has 0 aromatic carbocycles. The molecule has 0 bridgehead atoms. The van der Waals surface area contributed by atoms with Crippen LogP contribution in [0.15, 0.2) is 20.3 Å². The first-order chi connectivity index (χ1) is 9.88. The summed E-state index contributed by atoms with van der Waals surface area (Å²) in [5.74, 6) is 0.436. The zero-order valence-electron chi connectivity index (χ0n) is 13.9. The van der Waals surface area contributed by atoms with Gasteiger partial charge in [0.1, 0.15) is 0 Å². The van der Waals surface area contributed by atoms with Gasteiger partial charge in [-0.2, -0.15) is 0 Å². The molecule has 0 heterocycles. The van der Waals surface area contributed by atoms with E-state index in [0.29, 0.717) is 5.92 Å². The van der Waals surface area contributed by atoms with Gasteiger partial charge < -0.3 is 10.2 Å². The van der Waals surface area contributed by atoms with Crippen LogP contribution >= 0.6 is 45.2 Å². The van der Waals surface area contributed by atoms with Crippen molar-refractivity contribution >= 4 is 45.2 Å². The largest absolute Gasteiger partial charge is 0.389 e. The van der Waals surface area contributed by atoms with E-state index >= 15 is 0 Å². The highest BCUT2D eigenvalue weighted by molar-refractivity contribution is 14.1. The molecule has 2 unspecified atom stereocenters. The predicted octanol–water partition coefficient (Wildman–Crippen LogP) is 6.00. The van der Waals surface area contributed by atoms with Gasteiger partial charge in [-0.1, -0.05) is 98.1 Å². The molecule has 4 heteroatoms. The van der Waals surface area contributed by atoms with Crippen LogP contribution in [0.25, 0.3) is 0 Å². The van der Waals surface area contributed by atoms with E-state index in [9.17, 15) is 10.2 Å². The molecule has 0 saturated carbocycles. The molecule has 21 heavy (non-hydrogen) atoms. The maximum absolute atomic E-state index is 9.65. The SMILES string of the molecule is CCC(CC)C(O)C=CI.CCCCCC(C)(O)C=CI. The second-order valence-corrected chi connectivity index (χ2v) is 6.93. The van der Waals surface area contributed by atoms with Gasteiger partial charge in [-0.3, -0.25) is 0 Å². The second kappa shape index (κ2) is 15.7. The summed E-state index contributed by atoms with van der Waals surface area (Å²) in [6, 6.07) is 0. The Bertz CT molecular complexity index is 272. The van der Waals surface area contributed by atoms with Crippen LogP contribution in [0.5, 0.6) is 0 Å². The van der Waals surface area contributed by atoms with Crippen LogP contribution < -0.4 is 0 Å². The third-order valence-electron chi connectivity index (χ3n) is 3.51. The van der Waals surface area contributed by atoms with E-state index in [1.807, 2.05) is 27.2 Å².